The highest BCUT2D eigenvalue weighted by Gasteiger charge is 2.30. The SMILES string of the molecule is CCCCOc1ccc([C@H]2CC(=O)Nc3nc(C)[nH]c(=O)c32)cc1. The van der Waals surface area contributed by atoms with Crippen LogP contribution in [-0.4, -0.2) is 22.5 Å². The molecule has 0 bridgehead atoms. The first kappa shape index (κ1) is 16.2. The van der Waals surface area contributed by atoms with Crippen molar-refractivity contribution in [3.63, 3.8) is 0 Å². The van der Waals surface area contributed by atoms with E-state index >= 15 is 0 Å². The van der Waals surface area contributed by atoms with Gasteiger partial charge in [0.1, 0.15) is 17.4 Å². The molecular formula is C18H21N3O3. The molecule has 1 atom stereocenters. The Kier molecular flexibility index (Phi) is 4.64. The summed E-state index contributed by atoms with van der Waals surface area (Å²) in [6, 6.07) is 7.58. The van der Waals surface area contributed by atoms with Crippen LogP contribution in [0.3, 0.4) is 0 Å². The van der Waals surface area contributed by atoms with Gasteiger partial charge < -0.3 is 15.0 Å². The molecule has 0 fully saturated rings. The first-order chi connectivity index (χ1) is 11.6. The number of nitrogens with zero attached hydrogens (tertiary/aromatic N) is 1. The number of carbonyl (C=O) groups is 1. The normalized spacial score (nSPS) is 16.4. The minimum absolute atomic E-state index is 0.131. The third kappa shape index (κ3) is 3.32. The Morgan fingerprint density at radius 2 is 2.00 bits per heavy atom. The Morgan fingerprint density at radius 1 is 1.25 bits per heavy atom. The van der Waals surface area contributed by atoms with Gasteiger partial charge in [0, 0.05) is 12.3 Å². The maximum Gasteiger partial charge on any atom is 0.256 e. The van der Waals surface area contributed by atoms with Crippen LogP contribution in [0, 0.1) is 6.92 Å². The van der Waals surface area contributed by atoms with Crippen molar-refractivity contribution in [2.75, 3.05) is 11.9 Å². The van der Waals surface area contributed by atoms with Crippen LogP contribution < -0.4 is 15.6 Å². The number of hydrogen-bond donors (Lipinski definition) is 2. The number of aromatic amines is 1. The molecule has 3 rings (SSSR count). The summed E-state index contributed by atoms with van der Waals surface area (Å²) in [6.07, 6.45) is 2.33. The molecule has 1 aromatic carbocycles. The van der Waals surface area contributed by atoms with Crippen molar-refractivity contribution < 1.29 is 9.53 Å². The molecule has 1 aliphatic heterocycles. The van der Waals surface area contributed by atoms with Crippen LogP contribution in [0.5, 0.6) is 5.75 Å². The summed E-state index contributed by atoms with van der Waals surface area (Å²) in [6.45, 7) is 4.50. The van der Waals surface area contributed by atoms with Gasteiger partial charge >= 0.3 is 0 Å². The number of unbranched alkanes of at least 4 members (excludes halogenated alkanes) is 1. The minimum Gasteiger partial charge on any atom is -0.494 e. The molecule has 1 amide bonds. The highest BCUT2D eigenvalue weighted by molar-refractivity contribution is 5.94. The number of nitrogens with one attached hydrogen (secondary N) is 2. The van der Waals surface area contributed by atoms with E-state index in [2.05, 4.69) is 22.2 Å². The van der Waals surface area contributed by atoms with E-state index in [1.54, 1.807) is 6.92 Å². The maximum absolute atomic E-state index is 12.3. The van der Waals surface area contributed by atoms with E-state index in [0.717, 1.165) is 24.2 Å². The van der Waals surface area contributed by atoms with Crippen molar-refractivity contribution in [1.82, 2.24) is 9.97 Å². The summed E-state index contributed by atoms with van der Waals surface area (Å²) in [7, 11) is 0. The number of carbonyl (C=O) groups excluding carboxylic acids is 1. The first-order valence-corrected chi connectivity index (χ1v) is 8.22. The number of ether oxygens (including phenoxy) is 1. The molecule has 0 saturated carbocycles. The minimum atomic E-state index is -0.296. The van der Waals surface area contributed by atoms with Crippen LogP contribution in [0.2, 0.25) is 0 Å². The van der Waals surface area contributed by atoms with Crippen molar-refractivity contribution >= 4 is 11.7 Å². The highest BCUT2D eigenvalue weighted by Crippen LogP contribution is 2.34. The first-order valence-electron chi connectivity index (χ1n) is 8.22. The molecule has 0 unspecified atom stereocenters. The van der Waals surface area contributed by atoms with Crippen LogP contribution in [0.1, 0.15) is 49.1 Å². The molecule has 6 nitrogen and oxygen atoms in total. The Morgan fingerprint density at radius 3 is 2.71 bits per heavy atom. The summed E-state index contributed by atoms with van der Waals surface area (Å²) in [5, 5.41) is 2.69. The molecule has 1 aromatic heterocycles. The Bertz CT molecular complexity index is 796. The number of anilines is 1. The fraction of sp³-hybridized carbons (Fsp3) is 0.389. The van der Waals surface area contributed by atoms with E-state index in [-0.39, 0.29) is 23.8 Å². The van der Waals surface area contributed by atoms with Crippen LogP contribution >= 0.6 is 0 Å². The summed E-state index contributed by atoms with van der Waals surface area (Å²) < 4.78 is 5.66. The molecule has 24 heavy (non-hydrogen) atoms. The lowest BCUT2D eigenvalue weighted by molar-refractivity contribution is -0.116. The third-order valence-corrected chi connectivity index (χ3v) is 4.12. The molecule has 6 heteroatoms. The van der Waals surface area contributed by atoms with Gasteiger partial charge in [-0.2, -0.15) is 0 Å². The largest absolute Gasteiger partial charge is 0.494 e. The van der Waals surface area contributed by atoms with Gasteiger partial charge in [0.2, 0.25) is 5.91 Å². The predicted molar refractivity (Wildman–Crippen MR) is 91.5 cm³/mol. The topological polar surface area (TPSA) is 84.1 Å². The third-order valence-electron chi connectivity index (χ3n) is 4.12. The van der Waals surface area contributed by atoms with Crippen molar-refractivity contribution in [3.05, 3.63) is 51.6 Å². The predicted octanol–water partition coefficient (Wildman–Crippen LogP) is 2.73. The van der Waals surface area contributed by atoms with E-state index in [1.165, 1.54) is 0 Å². The number of amides is 1. The number of benzene rings is 1. The molecule has 126 valence electrons. The van der Waals surface area contributed by atoms with Crippen LogP contribution in [0.25, 0.3) is 0 Å². The standard InChI is InChI=1S/C18H21N3O3/c1-3-4-9-24-13-7-5-12(6-8-13)14-10-15(22)21-17-16(14)18(23)20-11(2)19-17/h5-8,14H,3-4,9-10H2,1-2H3,(H2,19,20,21,22,23)/t14-/m1/s1. The lowest BCUT2D eigenvalue weighted by atomic mass is 9.87. The number of aromatic nitrogens is 2. The Balaban J connectivity index is 1.90. The smallest absolute Gasteiger partial charge is 0.256 e. The molecule has 2 N–H and O–H groups in total. The molecule has 0 spiro atoms. The number of fused-ring (bicyclic) bond motifs is 1. The van der Waals surface area contributed by atoms with Gasteiger partial charge in [0.25, 0.3) is 5.56 Å². The van der Waals surface area contributed by atoms with E-state index in [9.17, 15) is 9.59 Å². The highest BCUT2D eigenvalue weighted by atomic mass is 16.5. The summed E-state index contributed by atoms with van der Waals surface area (Å²) in [5.74, 6) is 1.22. The van der Waals surface area contributed by atoms with Crippen LogP contribution in [-0.2, 0) is 4.79 Å². The van der Waals surface area contributed by atoms with Gasteiger partial charge in [-0.15, -0.1) is 0 Å². The summed E-state index contributed by atoms with van der Waals surface area (Å²) >= 11 is 0. The van der Waals surface area contributed by atoms with Gasteiger partial charge in [0.15, 0.2) is 0 Å². The zero-order chi connectivity index (χ0) is 17.1. The maximum atomic E-state index is 12.3. The lowest BCUT2D eigenvalue weighted by Crippen LogP contribution is -2.31. The monoisotopic (exact) mass is 327 g/mol. The zero-order valence-corrected chi connectivity index (χ0v) is 13.9. The van der Waals surface area contributed by atoms with Gasteiger partial charge in [-0.05, 0) is 31.0 Å². The van der Waals surface area contributed by atoms with Gasteiger partial charge in [-0.3, -0.25) is 9.59 Å². The van der Waals surface area contributed by atoms with E-state index < -0.39 is 0 Å². The fourth-order valence-electron chi connectivity index (χ4n) is 2.90. The van der Waals surface area contributed by atoms with Crippen LogP contribution in [0.15, 0.2) is 29.1 Å². The average molecular weight is 327 g/mol. The van der Waals surface area contributed by atoms with E-state index in [1.807, 2.05) is 24.3 Å². The summed E-state index contributed by atoms with van der Waals surface area (Å²) in [5.41, 5.74) is 1.22. The molecule has 2 heterocycles. The van der Waals surface area contributed by atoms with E-state index in [4.69, 9.17) is 4.74 Å². The zero-order valence-electron chi connectivity index (χ0n) is 13.9. The van der Waals surface area contributed by atoms with Crippen molar-refractivity contribution in [3.8, 4) is 5.75 Å². The van der Waals surface area contributed by atoms with Crippen molar-refractivity contribution in [1.29, 1.82) is 0 Å². The Labute approximate surface area is 140 Å². The average Bonchev–Trinajstić information content (AvgIpc) is 2.54. The molecule has 0 saturated heterocycles. The molecule has 0 aliphatic carbocycles. The van der Waals surface area contributed by atoms with Gasteiger partial charge in [0.05, 0.1) is 12.2 Å². The molecule has 2 aromatic rings. The van der Waals surface area contributed by atoms with Gasteiger partial charge in [-0.25, -0.2) is 4.98 Å². The molecular weight excluding hydrogens is 306 g/mol. The number of aryl methyl sites for hydroxylation is 1. The second-order valence-electron chi connectivity index (χ2n) is 5.99. The van der Waals surface area contributed by atoms with Crippen molar-refractivity contribution in [2.24, 2.45) is 0 Å². The van der Waals surface area contributed by atoms with Crippen LogP contribution in [0.4, 0.5) is 5.82 Å². The number of rotatable bonds is 5. The summed E-state index contributed by atoms with van der Waals surface area (Å²) in [4.78, 5) is 31.3. The lowest BCUT2D eigenvalue weighted by Gasteiger charge is -2.24. The molecule has 1 aliphatic rings. The van der Waals surface area contributed by atoms with Crippen molar-refractivity contribution in [2.45, 2.75) is 39.0 Å². The second kappa shape index (κ2) is 6.86. The van der Waals surface area contributed by atoms with E-state index in [0.29, 0.717) is 23.8 Å². The Hall–Kier alpha value is -2.63. The quantitative estimate of drug-likeness (QED) is 0.827. The number of H-pyrrole nitrogens is 1. The second-order valence-corrected chi connectivity index (χ2v) is 5.99. The fourth-order valence-corrected chi connectivity index (χ4v) is 2.90. The number of hydrogen-bond acceptors (Lipinski definition) is 4. The molecule has 0 radical (unpaired) electrons. The van der Waals surface area contributed by atoms with Gasteiger partial charge in [-0.1, -0.05) is 25.5 Å².